The van der Waals surface area contributed by atoms with Gasteiger partial charge in [-0.05, 0) is 13.8 Å². The highest BCUT2D eigenvalue weighted by Gasteiger charge is 2.11. The minimum Gasteiger partial charge on any atom is -0.379 e. The molecule has 3 N–H and O–H groups in total. The second-order valence-corrected chi connectivity index (χ2v) is 4.80. The number of methoxy groups -OCH3 is 1. The van der Waals surface area contributed by atoms with Crippen LogP contribution in [0.1, 0.15) is 22.9 Å². The Morgan fingerprint density at radius 1 is 1.67 bits per heavy atom. The molecular weight excluding hydrogens is 210 g/mol. The highest BCUT2D eigenvalue weighted by Crippen LogP contribution is 2.18. The molecule has 5 heteroatoms. The molecule has 0 radical (unpaired) electrons. The van der Waals surface area contributed by atoms with E-state index in [4.69, 9.17) is 10.5 Å². The Labute approximate surface area is 94.8 Å². The van der Waals surface area contributed by atoms with Crippen molar-refractivity contribution in [1.29, 1.82) is 0 Å². The Morgan fingerprint density at radius 3 is 2.87 bits per heavy atom. The van der Waals surface area contributed by atoms with Gasteiger partial charge in [-0.1, -0.05) is 0 Å². The van der Waals surface area contributed by atoms with E-state index in [9.17, 15) is 0 Å². The molecule has 0 amide bonds. The standard InChI is InChI=1S/C10H19N3OS/c1-7-5-13-10(15-7)8(2)12-6-9(4-11)14-3/h5,8-9,12H,4,6,11H2,1-3H3. The van der Waals surface area contributed by atoms with Gasteiger partial charge in [-0.15, -0.1) is 11.3 Å². The summed E-state index contributed by atoms with van der Waals surface area (Å²) in [5.74, 6) is 0. The van der Waals surface area contributed by atoms with Gasteiger partial charge >= 0.3 is 0 Å². The molecule has 0 aliphatic rings. The molecule has 0 bridgehead atoms. The normalized spacial score (nSPS) is 15.2. The lowest BCUT2D eigenvalue weighted by Gasteiger charge is -2.16. The van der Waals surface area contributed by atoms with E-state index in [0.717, 1.165) is 11.6 Å². The van der Waals surface area contributed by atoms with Gasteiger partial charge in [0.15, 0.2) is 0 Å². The van der Waals surface area contributed by atoms with Crippen molar-refractivity contribution >= 4 is 11.3 Å². The van der Waals surface area contributed by atoms with Crippen LogP contribution < -0.4 is 11.1 Å². The molecule has 1 aromatic rings. The maximum absolute atomic E-state index is 5.53. The fraction of sp³-hybridized carbons (Fsp3) is 0.700. The topological polar surface area (TPSA) is 60.2 Å². The quantitative estimate of drug-likeness (QED) is 0.766. The van der Waals surface area contributed by atoms with Gasteiger partial charge in [-0.25, -0.2) is 4.98 Å². The molecule has 15 heavy (non-hydrogen) atoms. The largest absolute Gasteiger partial charge is 0.379 e. The van der Waals surface area contributed by atoms with Crippen LogP contribution in [0, 0.1) is 6.92 Å². The molecule has 1 heterocycles. The van der Waals surface area contributed by atoms with Gasteiger partial charge in [-0.2, -0.15) is 0 Å². The average Bonchev–Trinajstić information content (AvgIpc) is 2.66. The first-order valence-corrected chi connectivity index (χ1v) is 5.87. The Kier molecular flexibility index (Phi) is 5.17. The highest BCUT2D eigenvalue weighted by molar-refractivity contribution is 7.11. The number of aryl methyl sites for hydroxylation is 1. The molecule has 0 spiro atoms. The molecule has 1 rings (SSSR count). The molecule has 0 saturated carbocycles. The third kappa shape index (κ3) is 3.87. The molecule has 2 unspecified atom stereocenters. The van der Waals surface area contributed by atoms with E-state index >= 15 is 0 Å². The molecule has 0 aliphatic heterocycles. The smallest absolute Gasteiger partial charge is 0.109 e. The van der Waals surface area contributed by atoms with Gasteiger partial charge < -0.3 is 15.8 Å². The molecule has 2 atom stereocenters. The Balaban J connectivity index is 2.39. The van der Waals surface area contributed by atoms with Crippen LogP contribution >= 0.6 is 11.3 Å². The summed E-state index contributed by atoms with van der Waals surface area (Å²) in [4.78, 5) is 5.57. The van der Waals surface area contributed by atoms with Crippen LogP contribution in [-0.4, -0.2) is 31.3 Å². The van der Waals surface area contributed by atoms with Gasteiger partial charge in [0.2, 0.25) is 0 Å². The number of aromatic nitrogens is 1. The van der Waals surface area contributed by atoms with E-state index in [1.807, 2.05) is 6.20 Å². The molecule has 0 fully saturated rings. The lowest BCUT2D eigenvalue weighted by molar-refractivity contribution is 0.106. The van der Waals surface area contributed by atoms with Gasteiger partial charge in [0, 0.05) is 31.3 Å². The first-order chi connectivity index (χ1) is 7.17. The van der Waals surface area contributed by atoms with Gasteiger partial charge in [0.05, 0.1) is 12.1 Å². The number of hydrogen-bond acceptors (Lipinski definition) is 5. The van der Waals surface area contributed by atoms with E-state index in [0.29, 0.717) is 6.54 Å². The minimum absolute atomic E-state index is 0.0773. The minimum atomic E-state index is 0.0773. The van der Waals surface area contributed by atoms with Gasteiger partial charge in [-0.3, -0.25) is 0 Å². The Morgan fingerprint density at radius 2 is 2.40 bits per heavy atom. The van der Waals surface area contributed by atoms with Crippen molar-refractivity contribution in [3.05, 3.63) is 16.1 Å². The number of nitrogens with one attached hydrogen (secondary N) is 1. The maximum atomic E-state index is 5.53. The van der Waals surface area contributed by atoms with Crippen molar-refractivity contribution in [1.82, 2.24) is 10.3 Å². The fourth-order valence-corrected chi connectivity index (χ4v) is 2.03. The second-order valence-electron chi connectivity index (χ2n) is 3.53. The van der Waals surface area contributed by atoms with Crippen LogP contribution in [-0.2, 0) is 4.74 Å². The van der Waals surface area contributed by atoms with E-state index in [1.165, 1.54) is 4.88 Å². The van der Waals surface area contributed by atoms with E-state index in [1.54, 1.807) is 18.4 Å². The van der Waals surface area contributed by atoms with E-state index < -0.39 is 0 Å². The van der Waals surface area contributed by atoms with Crippen LogP contribution in [0.3, 0.4) is 0 Å². The third-order valence-electron chi connectivity index (χ3n) is 2.26. The fourth-order valence-electron chi connectivity index (χ4n) is 1.23. The Bertz CT molecular complexity index is 286. The van der Waals surface area contributed by atoms with Crippen molar-refractivity contribution in [2.24, 2.45) is 5.73 Å². The summed E-state index contributed by atoms with van der Waals surface area (Å²) >= 11 is 1.72. The van der Waals surface area contributed by atoms with Crippen LogP contribution in [0.5, 0.6) is 0 Å². The lowest BCUT2D eigenvalue weighted by atomic mass is 10.3. The zero-order valence-electron chi connectivity index (χ0n) is 9.49. The van der Waals surface area contributed by atoms with Crippen LogP contribution in [0.4, 0.5) is 0 Å². The van der Waals surface area contributed by atoms with Crippen LogP contribution in [0.2, 0.25) is 0 Å². The van der Waals surface area contributed by atoms with Gasteiger partial charge in [0.25, 0.3) is 0 Å². The summed E-state index contributed by atoms with van der Waals surface area (Å²) in [5, 5.41) is 4.47. The zero-order valence-corrected chi connectivity index (χ0v) is 10.3. The number of ether oxygens (including phenoxy) is 1. The van der Waals surface area contributed by atoms with Gasteiger partial charge in [0.1, 0.15) is 5.01 Å². The lowest BCUT2D eigenvalue weighted by Crippen LogP contribution is -2.35. The van der Waals surface area contributed by atoms with Crippen molar-refractivity contribution < 1.29 is 4.74 Å². The molecule has 0 saturated heterocycles. The SMILES string of the molecule is COC(CN)CNC(C)c1ncc(C)s1. The predicted octanol–water partition coefficient (Wildman–Crippen LogP) is 1.08. The summed E-state index contributed by atoms with van der Waals surface area (Å²) in [5.41, 5.74) is 5.53. The molecule has 0 aliphatic carbocycles. The number of hydrogen-bond donors (Lipinski definition) is 2. The van der Waals surface area contributed by atoms with E-state index in [-0.39, 0.29) is 12.1 Å². The molecule has 4 nitrogen and oxygen atoms in total. The monoisotopic (exact) mass is 229 g/mol. The Hall–Kier alpha value is -0.490. The summed E-state index contributed by atoms with van der Waals surface area (Å²) in [6.45, 7) is 5.45. The number of thiazole rings is 1. The number of rotatable bonds is 6. The van der Waals surface area contributed by atoms with Crippen molar-refractivity contribution in [2.45, 2.75) is 26.0 Å². The third-order valence-corrected chi connectivity index (χ3v) is 3.35. The number of nitrogens with zero attached hydrogens (tertiary/aromatic N) is 1. The van der Waals surface area contributed by atoms with Crippen LogP contribution in [0.15, 0.2) is 6.20 Å². The summed E-state index contributed by atoms with van der Waals surface area (Å²) in [7, 11) is 1.68. The summed E-state index contributed by atoms with van der Waals surface area (Å²) in [6.07, 6.45) is 1.98. The molecule has 86 valence electrons. The van der Waals surface area contributed by atoms with Crippen molar-refractivity contribution in [3.8, 4) is 0 Å². The predicted molar refractivity (Wildman–Crippen MR) is 63.1 cm³/mol. The highest BCUT2D eigenvalue weighted by atomic mass is 32.1. The average molecular weight is 229 g/mol. The molecule has 0 aromatic carbocycles. The first kappa shape index (κ1) is 12.6. The first-order valence-electron chi connectivity index (χ1n) is 5.06. The van der Waals surface area contributed by atoms with Crippen molar-refractivity contribution in [2.75, 3.05) is 20.2 Å². The van der Waals surface area contributed by atoms with Crippen molar-refractivity contribution in [3.63, 3.8) is 0 Å². The number of nitrogens with two attached hydrogens (primary N) is 1. The summed E-state index contributed by atoms with van der Waals surface area (Å²) in [6, 6.07) is 0.257. The molecule has 1 aromatic heterocycles. The van der Waals surface area contributed by atoms with Crippen LogP contribution in [0.25, 0.3) is 0 Å². The summed E-state index contributed by atoms with van der Waals surface area (Å²) < 4.78 is 5.19. The maximum Gasteiger partial charge on any atom is 0.109 e. The van der Waals surface area contributed by atoms with E-state index in [2.05, 4.69) is 24.1 Å². The molecular formula is C10H19N3OS. The second kappa shape index (κ2) is 6.17. The zero-order chi connectivity index (χ0) is 11.3.